The van der Waals surface area contributed by atoms with Gasteiger partial charge in [-0.3, -0.25) is 9.63 Å². The molecule has 0 fully saturated rings. The van der Waals surface area contributed by atoms with E-state index >= 15 is 0 Å². The van der Waals surface area contributed by atoms with E-state index in [9.17, 15) is 4.79 Å². The Morgan fingerprint density at radius 3 is 2.55 bits per heavy atom. The van der Waals surface area contributed by atoms with Gasteiger partial charge in [0.25, 0.3) is 5.91 Å². The molecule has 0 aliphatic heterocycles. The molecule has 0 spiro atoms. The second-order valence-corrected chi connectivity index (χ2v) is 3.53. The van der Waals surface area contributed by atoms with Gasteiger partial charge in [0.2, 0.25) is 0 Å². The van der Waals surface area contributed by atoms with Crippen LogP contribution in [0.3, 0.4) is 0 Å². The molecule has 3 nitrogen and oxygen atoms in total. The van der Waals surface area contributed by atoms with Gasteiger partial charge in [-0.05, 0) is 12.8 Å². The van der Waals surface area contributed by atoms with Gasteiger partial charge in [-0.25, -0.2) is 5.48 Å². The van der Waals surface area contributed by atoms with Gasteiger partial charge in [-0.1, -0.05) is 29.8 Å². The van der Waals surface area contributed by atoms with Gasteiger partial charge >= 0.3 is 0 Å². The van der Waals surface area contributed by atoms with Crippen LogP contribution in [0, 0.1) is 5.92 Å². The summed E-state index contributed by atoms with van der Waals surface area (Å²) in [5.74, 6) is 0.150. The maximum absolute atomic E-state index is 11.1. The van der Waals surface area contributed by atoms with Crippen LogP contribution in [-0.2, 0) is 9.63 Å². The van der Waals surface area contributed by atoms with Gasteiger partial charge in [-0.15, -0.1) is 0 Å². The third-order valence-electron chi connectivity index (χ3n) is 1.15. The Balaban J connectivity index is 3.64. The van der Waals surface area contributed by atoms with Crippen molar-refractivity contribution in [1.82, 2.24) is 5.48 Å². The van der Waals surface area contributed by atoms with E-state index in [1.165, 1.54) is 0 Å². The fraction of sp³-hybridized carbons (Fsp3) is 0.857. The van der Waals surface area contributed by atoms with E-state index < -0.39 is 0 Å². The van der Waals surface area contributed by atoms with Crippen LogP contribution in [0.4, 0.5) is 0 Å². The van der Waals surface area contributed by atoms with Crippen molar-refractivity contribution in [3.05, 3.63) is 0 Å². The molecule has 1 N–H and O–H groups in total. The first-order valence-electron chi connectivity index (χ1n) is 3.65. The number of hydrogen-bond acceptors (Lipinski definition) is 2. The van der Waals surface area contributed by atoms with Crippen LogP contribution < -0.4 is 5.48 Å². The van der Waals surface area contributed by atoms with Crippen LogP contribution in [-0.4, -0.2) is 17.3 Å². The minimum absolute atomic E-state index is 0.123. The first-order valence-corrected chi connectivity index (χ1v) is 4.56. The van der Waals surface area contributed by atoms with Crippen LogP contribution in [0.2, 0.25) is 0 Å². The van der Waals surface area contributed by atoms with Crippen molar-refractivity contribution in [3.8, 4) is 0 Å². The van der Waals surface area contributed by atoms with Crippen LogP contribution in [0.1, 0.15) is 20.8 Å². The quantitative estimate of drug-likeness (QED) is 0.580. The predicted molar refractivity (Wildman–Crippen MR) is 47.3 cm³/mol. The predicted octanol–water partition coefficient (Wildman–Crippen LogP) is 1.47. The number of amides is 1. The minimum atomic E-state index is -0.172. The molecule has 0 aliphatic rings. The van der Waals surface area contributed by atoms with Crippen molar-refractivity contribution in [1.29, 1.82) is 0 Å². The molecule has 1 unspecified atom stereocenters. The second kappa shape index (κ2) is 5.55. The van der Waals surface area contributed by atoms with E-state index in [0.29, 0.717) is 6.61 Å². The summed E-state index contributed by atoms with van der Waals surface area (Å²) in [6.45, 7) is 6.23. The Morgan fingerprint density at radius 2 is 2.18 bits per heavy atom. The standard InChI is InChI=1S/C7H14BrNO2/c1-4-11-9-7(10)6(8)5(2)3/h5-6H,4H2,1-3H3,(H,9,10). The number of hydroxylamine groups is 1. The molecule has 0 aliphatic carbocycles. The van der Waals surface area contributed by atoms with Gasteiger partial charge in [0.15, 0.2) is 0 Å². The minimum Gasteiger partial charge on any atom is -0.274 e. The Kier molecular flexibility index (Phi) is 5.50. The summed E-state index contributed by atoms with van der Waals surface area (Å²) in [7, 11) is 0. The van der Waals surface area contributed by atoms with Crippen LogP contribution in [0.5, 0.6) is 0 Å². The van der Waals surface area contributed by atoms with Crippen molar-refractivity contribution >= 4 is 21.8 Å². The number of nitrogens with one attached hydrogen (secondary N) is 1. The van der Waals surface area contributed by atoms with Gasteiger partial charge in [0.05, 0.1) is 11.4 Å². The lowest BCUT2D eigenvalue weighted by molar-refractivity contribution is -0.133. The molecule has 0 heterocycles. The van der Waals surface area contributed by atoms with Crippen molar-refractivity contribution in [2.75, 3.05) is 6.61 Å². The van der Waals surface area contributed by atoms with Gasteiger partial charge < -0.3 is 0 Å². The summed E-state index contributed by atoms with van der Waals surface area (Å²) >= 11 is 3.25. The van der Waals surface area contributed by atoms with Crippen LogP contribution >= 0.6 is 15.9 Å². The number of carbonyl (C=O) groups excluding carboxylic acids is 1. The lowest BCUT2D eigenvalue weighted by Gasteiger charge is -2.12. The molecule has 0 aromatic heterocycles. The number of alkyl halides is 1. The molecule has 0 saturated carbocycles. The molecular formula is C7H14BrNO2. The van der Waals surface area contributed by atoms with E-state index in [1.54, 1.807) is 0 Å². The number of rotatable bonds is 4. The second-order valence-electron chi connectivity index (χ2n) is 2.55. The highest BCUT2D eigenvalue weighted by atomic mass is 79.9. The summed E-state index contributed by atoms with van der Waals surface area (Å²) < 4.78 is 0. The fourth-order valence-electron chi connectivity index (χ4n) is 0.502. The SMILES string of the molecule is CCONC(=O)C(Br)C(C)C. The van der Waals surface area contributed by atoms with Crippen molar-refractivity contribution in [2.45, 2.75) is 25.6 Å². The highest BCUT2D eigenvalue weighted by molar-refractivity contribution is 9.10. The first kappa shape index (κ1) is 10.9. The summed E-state index contributed by atoms with van der Waals surface area (Å²) in [6.07, 6.45) is 0. The molecule has 0 aromatic carbocycles. The van der Waals surface area contributed by atoms with Gasteiger partial charge in [0.1, 0.15) is 0 Å². The summed E-state index contributed by atoms with van der Waals surface area (Å²) in [4.78, 5) is 15.6. The van der Waals surface area contributed by atoms with Crippen molar-refractivity contribution in [3.63, 3.8) is 0 Å². The van der Waals surface area contributed by atoms with E-state index in [1.807, 2.05) is 20.8 Å². The Hall–Kier alpha value is -0.0900. The lowest BCUT2D eigenvalue weighted by atomic mass is 10.1. The molecule has 1 amide bonds. The lowest BCUT2D eigenvalue weighted by Crippen LogP contribution is -2.33. The maximum atomic E-state index is 11.1. The maximum Gasteiger partial charge on any atom is 0.257 e. The van der Waals surface area contributed by atoms with Crippen LogP contribution in [0.25, 0.3) is 0 Å². The van der Waals surface area contributed by atoms with E-state index in [4.69, 9.17) is 4.84 Å². The molecule has 66 valence electrons. The highest BCUT2D eigenvalue weighted by Crippen LogP contribution is 2.11. The van der Waals surface area contributed by atoms with Gasteiger partial charge in [-0.2, -0.15) is 0 Å². The molecule has 4 heteroatoms. The first-order chi connectivity index (χ1) is 5.09. The molecule has 0 saturated heterocycles. The van der Waals surface area contributed by atoms with E-state index in [-0.39, 0.29) is 16.7 Å². The highest BCUT2D eigenvalue weighted by Gasteiger charge is 2.17. The van der Waals surface area contributed by atoms with Gasteiger partial charge in [0, 0.05) is 0 Å². The van der Waals surface area contributed by atoms with E-state index in [0.717, 1.165) is 0 Å². The normalized spacial score (nSPS) is 13.2. The molecule has 0 bridgehead atoms. The Bertz CT molecular complexity index is 128. The molecule has 0 radical (unpaired) electrons. The zero-order valence-electron chi connectivity index (χ0n) is 7.06. The molecular weight excluding hydrogens is 210 g/mol. The Morgan fingerprint density at radius 1 is 1.64 bits per heavy atom. The molecule has 1 atom stereocenters. The summed E-state index contributed by atoms with van der Waals surface area (Å²) in [5, 5.41) is 0. The number of halogens is 1. The zero-order valence-corrected chi connectivity index (χ0v) is 8.64. The smallest absolute Gasteiger partial charge is 0.257 e. The van der Waals surface area contributed by atoms with Crippen molar-refractivity contribution in [2.24, 2.45) is 5.92 Å². The summed E-state index contributed by atoms with van der Waals surface area (Å²) in [6, 6.07) is 0. The fourth-order valence-corrected chi connectivity index (χ4v) is 0.596. The average molecular weight is 224 g/mol. The summed E-state index contributed by atoms with van der Waals surface area (Å²) in [5.41, 5.74) is 2.33. The van der Waals surface area contributed by atoms with E-state index in [2.05, 4.69) is 21.4 Å². The largest absolute Gasteiger partial charge is 0.274 e. The topological polar surface area (TPSA) is 38.3 Å². The van der Waals surface area contributed by atoms with Crippen molar-refractivity contribution < 1.29 is 9.63 Å². The third-order valence-corrected chi connectivity index (χ3v) is 2.63. The Labute approximate surface area is 75.6 Å². The molecule has 0 aromatic rings. The zero-order chi connectivity index (χ0) is 8.85. The monoisotopic (exact) mass is 223 g/mol. The molecule has 0 rings (SSSR count). The molecule has 11 heavy (non-hydrogen) atoms. The number of carbonyl (C=O) groups is 1. The van der Waals surface area contributed by atoms with Crippen LogP contribution in [0.15, 0.2) is 0 Å². The number of hydrogen-bond donors (Lipinski definition) is 1. The average Bonchev–Trinajstić information content (AvgIpc) is 1.98. The third kappa shape index (κ3) is 4.37.